The first-order chi connectivity index (χ1) is 12.6. The quantitative estimate of drug-likeness (QED) is 0.888. The van der Waals surface area contributed by atoms with Gasteiger partial charge in [-0.15, -0.1) is 0 Å². The van der Waals surface area contributed by atoms with Crippen molar-refractivity contribution >= 4 is 17.7 Å². The Bertz CT molecular complexity index is 744. The number of anilines is 1. The number of piperazine rings is 1. The lowest BCUT2D eigenvalue weighted by Crippen LogP contribution is -2.53. The Morgan fingerprint density at radius 2 is 1.42 bits per heavy atom. The highest BCUT2D eigenvalue weighted by Gasteiger charge is 2.24. The van der Waals surface area contributed by atoms with E-state index in [0.717, 1.165) is 5.56 Å². The molecule has 4 amide bonds. The van der Waals surface area contributed by atoms with Gasteiger partial charge in [-0.3, -0.25) is 0 Å². The van der Waals surface area contributed by atoms with Crippen molar-refractivity contribution in [2.24, 2.45) is 0 Å². The number of carbonyl (C=O) groups excluding carboxylic acids is 2. The molecule has 0 spiro atoms. The average Bonchev–Trinajstić information content (AvgIpc) is 2.69. The van der Waals surface area contributed by atoms with Crippen molar-refractivity contribution in [3.8, 4) is 0 Å². The van der Waals surface area contributed by atoms with Gasteiger partial charge in [0.2, 0.25) is 0 Å². The number of amides is 4. The van der Waals surface area contributed by atoms with Crippen LogP contribution in [0.1, 0.15) is 5.56 Å². The molecule has 0 unspecified atom stereocenters. The van der Waals surface area contributed by atoms with Gasteiger partial charge in [-0.25, -0.2) is 14.0 Å². The summed E-state index contributed by atoms with van der Waals surface area (Å²) in [6, 6.07) is 14.9. The summed E-state index contributed by atoms with van der Waals surface area (Å²) in [6.07, 6.45) is 0. The Hall–Kier alpha value is -3.09. The van der Waals surface area contributed by atoms with Gasteiger partial charge in [-0.05, 0) is 29.8 Å². The van der Waals surface area contributed by atoms with Crippen LogP contribution in [0, 0.1) is 5.82 Å². The third kappa shape index (κ3) is 4.72. The van der Waals surface area contributed by atoms with Gasteiger partial charge in [0.15, 0.2) is 0 Å². The van der Waals surface area contributed by atoms with Gasteiger partial charge in [0.1, 0.15) is 5.82 Å². The first-order valence-corrected chi connectivity index (χ1v) is 8.50. The summed E-state index contributed by atoms with van der Waals surface area (Å²) < 4.78 is 12.9. The van der Waals surface area contributed by atoms with Crippen molar-refractivity contribution in [1.29, 1.82) is 0 Å². The monoisotopic (exact) mass is 356 g/mol. The minimum atomic E-state index is -0.349. The maximum Gasteiger partial charge on any atom is 0.321 e. The van der Waals surface area contributed by atoms with Crippen LogP contribution in [0.2, 0.25) is 0 Å². The molecule has 26 heavy (non-hydrogen) atoms. The van der Waals surface area contributed by atoms with E-state index < -0.39 is 0 Å². The highest BCUT2D eigenvalue weighted by molar-refractivity contribution is 5.89. The zero-order valence-corrected chi connectivity index (χ0v) is 14.3. The molecule has 6 nitrogen and oxygen atoms in total. The minimum absolute atomic E-state index is 0.132. The third-order valence-corrected chi connectivity index (χ3v) is 4.24. The number of urea groups is 2. The zero-order valence-electron chi connectivity index (χ0n) is 14.3. The molecule has 2 N–H and O–H groups in total. The maximum absolute atomic E-state index is 12.9. The fourth-order valence-corrected chi connectivity index (χ4v) is 2.73. The highest BCUT2D eigenvalue weighted by Crippen LogP contribution is 2.11. The molecule has 0 bridgehead atoms. The number of hydrogen-bond donors (Lipinski definition) is 2. The molecule has 0 radical (unpaired) electrons. The number of carbonyl (C=O) groups is 2. The molecule has 1 heterocycles. The van der Waals surface area contributed by atoms with Crippen LogP contribution in [0.5, 0.6) is 0 Å². The molecule has 1 aliphatic heterocycles. The molecule has 2 aromatic rings. The van der Waals surface area contributed by atoms with Crippen LogP contribution in [-0.4, -0.2) is 48.0 Å². The summed E-state index contributed by atoms with van der Waals surface area (Å²) in [6.45, 7) is 2.32. The topological polar surface area (TPSA) is 64.7 Å². The zero-order chi connectivity index (χ0) is 18.4. The van der Waals surface area contributed by atoms with Gasteiger partial charge >= 0.3 is 12.1 Å². The Morgan fingerprint density at radius 1 is 0.846 bits per heavy atom. The van der Waals surface area contributed by atoms with Crippen molar-refractivity contribution in [1.82, 2.24) is 15.1 Å². The van der Waals surface area contributed by atoms with Gasteiger partial charge < -0.3 is 20.4 Å². The van der Waals surface area contributed by atoms with Crippen LogP contribution < -0.4 is 10.6 Å². The minimum Gasteiger partial charge on any atom is -0.334 e. The molecule has 7 heteroatoms. The van der Waals surface area contributed by atoms with Gasteiger partial charge in [0.25, 0.3) is 0 Å². The van der Waals surface area contributed by atoms with E-state index in [9.17, 15) is 14.0 Å². The summed E-state index contributed by atoms with van der Waals surface area (Å²) in [5.74, 6) is -0.349. The normalized spacial score (nSPS) is 14.0. The first kappa shape index (κ1) is 17.7. The molecule has 0 aliphatic carbocycles. The van der Waals surface area contributed by atoms with Gasteiger partial charge in [-0.1, -0.05) is 30.3 Å². The number of rotatable bonds is 3. The predicted molar refractivity (Wildman–Crippen MR) is 97.2 cm³/mol. The molecule has 0 saturated carbocycles. The van der Waals surface area contributed by atoms with E-state index in [-0.39, 0.29) is 17.9 Å². The second kappa shape index (κ2) is 8.33. The van der Waals surface area contributed by atoms with Gasteiger partial charge in [-0.2, -0.15) is 0 Å². The number of nitrogens with zero attached hydrogens (tertiary/aromatic N) is 2. The summed E-state index contributed by atoms with van der Waals surface area (Å²) in [7, 11) is 0. The van der Waals surface area contributed by atoms with Gasteiger partial charge in [0, 0.05) is 38.4 Å². The second-order valence-electron chi connectivity index (χ2n) is 6.06. The summed E-state index contributed by atoms with van der Waals surface area (Å²) in [5, 5.41) is 5.62. The lowest BCUT2D eigenvalue weighted by atomic mass is 10.2. The SMILES string of the molecule is O=C(NCc1ccccc1)N1CCN(C(=O)Nc2ccc(F)cc2)CC1. The van der Waals surface area contributed by atoms with E-state index in [1.54, 1.807) is 9.80 Å². The van der Waals surface area contributed by atoms with Crippen LogP contribution in [0.4, 0.5) is 19.7 Å². The second-order valence-corrected chi connectivity index (χ2v) is 6.06. The molecule has 3 rings (SSSR count). The van der Waals surface area contributed by atoms with E-state index in [2.05, 4.69) is 10.6 Å². The summed E-state index contributed by atoms with van der Waals surface area (Å²) in [4.78, 5) is 27.8. The van der Waals surface area contributed by atoms with Crippen molar-refractivity contribution in [2.45, 2.75) is 6.54 Å². The Morgan fingerprint density at radius 3 is 2.04 bits per heavy atom. The molecule has 1 fully saturated rings. The molecule has 1 saturated heterocycles. The van der Waals surface area contributed by atoms with Crippen LogP contribution >= 0.6 is 0 Å². The fraction of sp³-hybridized carbons (Fsp3) is 0.263. The van der Waals surface area contributed by atoms with Crippen LogP contribution in [0.25, 0.3) is 0 Å². The Kier molecular flexibility index (Phi) is 5.68. The standard InChI is InChI=1S/C19H21FN4O2/c20-16-6-8-17(9-7-16)22-19(26)24-12-10-23(11-13-24)18(25)21-14-15-4-2-1-3-5-15/h1-9H,10-14H2,(H,21,25)(H,22,26). The molecule has 0 atom stereocenters. The van der Waals surface area contributed by atoms with Crippen LogP contribution in [0.15, 0.2) is 54.6 Å². The number of hydrogen-bond acceptors (Lipinski definition) is 2. The van der Waals surface area contributed by atoms with Crippen molar-refractivity contribution < 1.29 is 14.0 Å². The van der Waals surface area contributed by atoms with Gasteiger partial charge in [0.05, 0.1) is 0 Å². The van der Waals surface area contributed by atoms with Crippen molar-refractivity contribution in [2.75, 3.05) is 31.5 Å². The Balaban J connectivity index is 1.43. The lowest BCUT2D eigenvalue weighted by molar-refractivity contribution is 0.149. The fourth-order valence-electron chi connectivity index (χ4n) is 2.73. The van der Waals surface area contributed by atoms with E-state index in [1.807, 2.05) is 30.3 Å². The summed E-state index contributed by atoms with van der Waals surface area (Å²) >= 11 is 0. The van der Waals surface area contributed by atoms with E-state index in [4.69, 9.17) is 0 Å². The molecular formula is C19H21FN4O2. The highest BCUT2D eigenvalue weighted by atomic mass is 19.1. The van der Waals surface area contributed by atoms with E-state index in [1.165, 1.54) is 24.3 Å². The van der Waals surface area contributed by atoms with Crippen molar-refractivity contribution in [3.05, 3.63) is 66.0 Å². The lowest BCUT2D eigenvalue weighted by Gasteiger charge is -2.34. The largest absolute Gasteiger partial charge is 0.334 e. The molecule has 136 valence electrons. The molecule has 2 aromatic carbocycles. The summed E-state index contributed by atoms with van der Waals surface area (Å²) in [5.41, 5.74) is 1.58. The number of nitrogens with one attached hydrogen (secondary N) is 2. The smallest absolute Gasteiger partial charge is 0.321 e. The molecular weight excluding hydrogens is 335 g/mol. The van der Waals surface area contributed by atoms with E-state index in [0.29, 0.717) is 38.4 Å². The predicted octanol–water partition coefficient (Wildman–Crippen LogP) is 2.89. The molecule has 1 aliphatic rings. The van der Waals surface area contributed by atoms with Crippen LogP contribution in [-0.2, 0) is 6.54 Å². The van der Waals surface area contributed by atoms with Crippen LogP contribution in [0.3, 0.4) is 0 Å². The number of benzene rings is 2. The van der Waals surface area contributed by atoms with E-state index >= 15 is 0 Å². The first-order valence-electron chi connectivity index (χ1n) is 8.50. The van der Waals surface area contributed by atoms with Crippen molar-refractivity contribution in [3.63, 3.8) is 0 Å². The number of halogens is 1. The maximum atomic E-state index is 12.9. The molecule has 0 aromatic heterocycles. The third-order valence-electron chi connectivity index (χ3n) is 4.24. The Labute approximate surface area is 151 Å². The average molecular weight is 356 g/mol.